The number of fused-ring (bicyclic) bond motifs is 5. The zero-order chi connectivity index (χ0) is 21.0. The molecule has 0 radical (unpaired) electrons. The van der Waals surface area contributed by atoms with E-state index >= 15 is 0 Å². The van der Waals surface area contributed by atoms with Crippen molar-refractivity contribution < 1.29 is 14.6 Å². The molecule has 0 bridgehead atoms. The molecule has 6 heteroatoms. The molecule has 0 fully saturated rings. The number of ether oxygens (including phenoxy) is 1. The lowest BCUT2D eigenvalue weighted by Gasteiger charge is -2.34. The smallest absolute Gasteiger partial charge is 0.341 e. The molecule has 3 aromatic rings. The zero-order valence-electron chi connectivity index (χ0n) is 16.9. The van der Waals surface area contributed by atoms with Crippen LogP contribution < -0.4 is 10.2 Å². The molecule has 5 rings (SSSR count). The Bertz CT molecular complexity index is 1230. The number of carboxylic acid groups (broad SMARTS) is 1. The van der Waals surface area contributed by atoms with Crippen molar-refractivity contribution in [2.45, 2.75) is 32.7 Å². The molecule has 0 saturated heterocycles. The van der Waals surface area contributed by atoms with Gasteiger partial charge in [-0.1, -0.05) is 13.8 Å². The van der Waals surface area contributed by atoms with Crippen LogP contribution in [0.3, 0.4) is 0 Å². The number of aromatic nitrogens is 2. The molecule has 30 heavy (non-hydrogen) atoms. The molecule has 1 aromatic carbocycles. The monoisotopic (exact) mass is 402 g/mol. The predicted molar refractivity (Wildman–Crippen MR) is 113 cm³/mol. The van der Waals surface area contributed by atoms with Crippen molar-refractivity contribution >= 4 is 5.97 Å². The van der Waals surface area contributed by atoms with E-state index in [0.717, 1.165) is 41.0 Å². The summed E-state index contributed by atoms with van der Waals surface area (Å²) in [7, 11) is 0. The first kappa shape index (κ1) is 18.6. The number of rotatable bonds is 3. The van der Waals surface area contributed by atoms with Gasteiger partial charge in [-0.3, -0.25) is 9.78 Å². The van der Waals surface area contributed by atoms with Gasteiger partial charge in [0, 0.05) is 53.8 Å². The third-order valence-corrected chi connectivity index (χ3v) is 6.21. The molecule has 6 nitrogen and oxygen atoms in total. The molecular formula is C24H22N2O4. The summed E-state index contributed by atoms with van der Waals surface area (Å²) in [4.78, 5) is 28.3. The average molecular weight is 402 g/mol. The third kappa shape index (κ3) is 2.75. The van der Waals surface area contributed by atoms with Gasteiger partial charge in [0.2, 0.25) is 0 Å². The fourth-order valence-electron chi connectivity index (χ4n) is 4.72. The normalized spacial score (nSPS) is 16.6. The first-order chi connectivity index (χ1) is 14.5. The standard InChI is InChI=1S/C24H22N2O4/c1-13(2)20-10-17-15-5-8-30-23(15)16(14-3-6-25-7-4-14)9-18(17)21-11-22(27)19(24(28)29)12-26(20)21/h3-4,6-7,9,11-13,20H,5,8,10H2,1-2H3,(H,28,29)/t20-/m0/s1. The highest BCUT2D eigenvalue weighted by Crippen LogP contribution is 2.47. The quantitative estimate of drug-likeness (QED) is 0.717. The van der Waals surface area contributed by atoms with E-state index in [0.29, 0.717) is 6.61 Å². The molecule has 1 N–H and O–H groups in total. The van der Waals surface area contributed by atoms with Crippen molar-refractivity contribution in [2.75, 3.05) is 6.61 Å². The molecule has 152 valence electrons. The van der Waals surface area contributed by atoms with E-state index in [4.69, 9.17) is 4.74 Å². The van der Waals surface area contributed by atoms with Gasteiger partial charge in [-0.05, 0) is 41.7 Å². The second-order valence-corrected chi connectivity index (χ2v) is 8.26. The van der Waals surface area contributed by atoms with Crippen LogP contribution in [0.1, 0.15) is 41.4 Å². The summed E-state index contributed by atoms with van der Waals surface area (Å²) >= 11 is 0. The molecule has 0 amide bonds. The number of hydrogen-bond acceptors (Lipinski definition) is 4. The van der Waals surface area contributed by atoms with Crippen LogP contribution in [0, 0.1) is 5.92 Å². The van der Waals surface area contributed by atoms with E-state index in [-0.39, 0.29) is 17.5 Å². The van der Waals surface area contributed by atoms with Crippen molar-refractivity contribution in [2.24, 2.45) is 5.92 Å². The molecular weight excluding hydrogens is 380 g/mol. The second kappa shape index (κ2) is 6.83. The lowest BCUT2D eigenvalue weighted by atomic mass is 9.82. The summed E-state index contributed by atoms with van der Waals surface area (Å²) in [6.45, 7) is 4.89. The van der Waals surface area contributed by atoms with Gasteiger partial charge in [0.25, 0.3) is 0 Å². The Labute approximate surface area is 173 Å². The first-order valence-electron chi connectivity index (χ1n) is 10.2. The number of carbonyl (C=O) groups is 1. The molecule has 0 saturated carbocycles. The van der Waals surface area contributed by atoms with E-state index in [1.807, 2.05) is 16.7 Å². The van der Waals surface area contributed by atoms with E-state index in [2.05, 4.69) is 24.9 Å². The number of nitrogens with zero attached hydrogens (tertiary/aromatic N) is 2. The predicted octanol–water partition coefficient (Wildman–Crippen LogP) is 3.96. The van der Waals surface area contributed by atoms with Crippen LogP contribution in [0.2, 0.25) is 0 Å². The van der Waals surface area contributed by atoms with Crippen LogP contribution in [-0.4, -0.2) is 27.2 Å². The Balaban J connectivity index is 1.82. The van der Waals surface area contributed by atoms with Gasteiger partial charge in [-0.25, -0.2) is 4.79 Å². The fraction of sp³-hybridized carbons (Fsp3) is 0.292. The molecule has 1 atom stereocenters. The molecule has 2 aromatic heterocycles. The van der Waals surface area contributed by atoms with E-state index in [1.165, 1.54) is 23.4 Å². The van der Waals surface area contributed by atoms with Crippen LogP contribution in [0.4, 0.5) is 0 Å². The molecule has 2 aliphatic heterocycles. The SMILES string of the molecule is CC(C)[C@@H]1Cc2c(cc(-c3ccncc3)c3c2CCO3)-c2cc(=O)c(C(=O)O)cn21. The maximum absolute atomic E-state index is 12.6. The topological polar surface area (TPSA) is 81.4 Å². The van der Waals surface area contributed by atoms with E-state index in [9.17, 15) is 14.7 Å². The number of aromatic carboxylic acids is 1. The Morgan fingerprint density at radius 2 is 1.97 bits per heavy atom. The number of pyridine rings is 2. The molecule has 0 aliphatic carbocycles. The maximum Gasteiger partial charge on any atom is 0.341 e. The lowest BCUT2D eigenvalue weighted by molar-refractivity contribution is 0.0694. The third-order valence-electron chi connectivity index (χ3n) is 6.21. The number of benzene rings is 1. The van der Waals surface area contributed by atoms with Gasteiger partial charge in [0.05, 0.1) is 12.3 Å². The highest BCUT2D eigenvalue weighted by atomic mass is 16.5. The van der Waals surface area contributed by atoms with Crippen LogP contribution in [0.5, 0.6) is 5.75 Å². The summed E-state index contributed by atoms with van der Waals surface area (Å²) in [5.41, 5.74) is 5.50. The number of hydrogen-bond donors (Lipinski definition) is 1. The van der Waals surface area contributed by atoms with Crippen LogP contribution >= 0.6 is 0 Å². The molecule has 0 spiro atoms. The van der Waals surface area contributed by atoms with Gasteiger partial charge in [-0.2, -0.15) is 0 Å². The summed E-state index contributed by atoms with van der Waals surface area (Å²) < 4.78 is 8.02. The van der Waals surface area contributed by atoms with Crippen LogP contribution in [0.15, 0.2) is 47.7 Å². The van der Waals surface area contributed by atoms with Crippen LogP contribution in [0.25, 0.3) is 22.4 Å². The van der Waals surface area contributed by atoms with Gasteiger partial charge >= 0.3 is 5.97 Å². The maximum atomic E-state index is 12.6. The van der Waals surface area contributed by atoms with Gasteiger partial charge in [-0.15, -0.1) is 0 Å². The molecule has 4 heterocycles. The second-order valence-electron chi connectivity index (χ2n) is 8.26. The summed E-state index contributed by atoms with van der Waals surface area (Å²) in [5.74, 6) is 0.00253. The Morgan fingerprint density at radius 1 is 1.20 bits per heavy atom. The van der Waals surface area contributed by atoms with Crippen molar-refractivity contribution in [1.82, 2.24) is 9.55 Å². The van der Waals surface area contributed by atoms with Gasteiger partial charge in [0.15, 0.2) is 5.43 Å². The largest absolute Gasteiger partial charge is 0.492 e. The fourth-order valence-corrected chi connectivity index (χ4v) is 4.72. The molecule has 0 unspecified atom stereocenters. The van der Waals surface area contributed by atoms with Crippen LogP contribution in [-0.2, 0) is 12.8 Å². The van der Waals surface area contributed by atoms with Gasteiger partial charge < -0.3 is 14.4 Å². The Hall–Kier alpha value is -3.41. The average Bonchev–Trinajstić information content (AvgIpc) is 3.22. The van der Waals surface area contributed by atoms with Crippen molar-refractivity contribution in [3.63, 3.8) is 0 Å². The Kier molecular flexibility index (Phi) is 4.24. The minimum Gasteiger partial charge on any atom is -0.492 e. The van der Waals surface area contributed by atoms with E-state index < -0.39 is 11.4 Å². The van der Waals surface area contributed by atoms with Crippen molar-refractivity contribution in [3.8, 4) is 28.1 Å². The zero-order valence-corrected chi connectivity index (χ0v) is 16.9. The minimum absolute atomic E-state index is 0.0719. The van der Waals surface area contributed by atoms with Gasteiger partial charge in [0.1, 0.15) is 11.3 Å². The highest BCUT2D eigenvalue weighted by Gasteiger charge is 2.33. The number of carboxylic acids is 1. The summed E-state index contributed by atoms with van der Waals surface area (Å²) in [5, 5.41) is 9.47. The highest BCUT2D eigenvalue weighted by molar-refractivity contribution is 5.88. The Morgan fingerprint density at radius 3 is 2.67 bits per heavy atom. The minimum atomic E-state index is -1.19. The van der Waals surface area contributed by atoms with Crippen molar-refractivity contribution in [3.05, 3.63) is 69.8 Å². The first-order valence-corrected chi connectivity index (χ1v) is 10.2. The van der Waals surface area contributed by atoms with E-state index in [1.54, 1.807) is 12.4 Å². The summed E-state index contributed by atoms with van der Waals surface area (Å²) in [6, 6.07) is 7.53. The lowest BCUT2D eigenvalue weighted by Crippen LogP contribution is -2.28. The van der Waals surface area contributed by atoms with Crippen molar-refractivity contribution in [1.29, 1.82) is 0 Å². The summed E-state index contributed by atoms with van der Waals surface area (Å²) in [6.07, 6.45) is 6.64. The molecule has 2 aliphatic rings.